The first kappa shape index (κ1) is 37.5. The summed E-state index contributed by atoms with van der Waals surface area (Å²) in [7, 11) is 0. The molecule has 0 aliphatic rings. The van der Waals surface area contributed by atoms with Gasteiger partial charge in [0.05, 0.1) is 5.92 Å². The second-order valence-corrected chi connectivity index (χ2v) is 12.1. The fourth-order valence-corrected chi connectivity index (χ4v) is 4.33. The fourth-order valence-electron chi connectivity index (χ4n) is 4.33. The van der Waals surface area contributed by atoms with E-state index in [4.69, 9.17) is 18.9 Å². The highest BCUT2D eigenvalue weighted by atomic mass is 19.1. The summed E-state index contributed by atoms with van der Waals surface area (Å²) in [6.45, 7) is 18.6. The number of ether oxygens (including phenoxy) is 4. The van der Waals surface area contributed by atoms with Gasteiger partial charge in [-0.15, -0.1) is 0 Å². The molecule has 0 fully saturated rings. The molecule has 0 N–H and O–H groups in total. The molecule has 0 spiro atoms. The fraction of sp³-hybridized carbons (Fsp3) is 0.143. The van der Waals surface area contributed by atoms with Gasteiger partial charge in [0.1, 0.15) is 5.82 Å². The minimum absolute atomic E-state index is 0.0249. The Bertz CT molecular complexity index is 2090. The number of esters is 4. The number of hydrogen-bond acceptors (Lipinski definition) is 8. The Hall–Kier alpha value is -6.35. The first-order valence-electron chi connectivity index (χ1n) is 15.8. The van der Waals surface area contributed by atoms with Crippen LogP contribution in [0.3, 0.4) is 0 Å². The molecule has 0 saturated heterocycles. The van der Waals surface area contributed by atoms with E-state index in [1.807, 2.05) is 30.3 Å². The van der Waals surface area contributed by atoms with E-state index in [-0.39, 0.29) is 51.2 Å². The van der Waals surface area contributed by atoms with Crippen LogP contribution >= 0.6 is 0 Å². The van der Waals surface area contributed by atoms with Crippen LogP contribution in [0.4, 0.5) is 4.39 Å². The molecule has 0 unspecified atom stereocenters. The first-order chi connectivity index (χ1) is 24.1. The first-order valence-corrected chi connectivity index (χ1v) is 15.8. The van der Waals surface area contributed by atoms with Gasteiger partial charge in [-0.1, -0.05) is 94.3 Å². The van der Waals surface area contributed by atoms with E-state index in [2.05, 4.69) is 19.7 Å². The minimum atomic E-state index is -0.732. The Kier molecular flexibility index (Phi) is 12.0. The average Bonchev–Trinajstić information content (AvgIpc) is 3.08. The van der Waals surface area contributed by atoms with Gasteiger partial charge in [0.2, 0.25) is 0 Å². The summed E-state index contributed by atoms with van der Waals surface area (Å²) in [5.74, 6) is -3.33. The molecule has 0 bridgehead atoms. The number of hydrogen-bond donors (Lipinski definition) is 0. The average molecular weight is 689 g/mol. The molecule has 0 radical (unpaired) electrons. The van der Waals surface area contributed by atoms with Crippen molar-refractivity contribution < 1.29 is 42.5 Å². The van der Waals surface area contributed by atoms with Crippen LogP contribution in [-0.2, 0) is 19.2 Å². The highest BCUT2D eigenvalue weighted by molar-refractivity contribution is 5.92. The van der Waals surface area contributed by atoms with Gasteiger partial charge in [-0.2, -0.15) is 0 Å². The van der Waals surface area contributed by atoms with E-state index in [0.29, 0.717) is 11.1 Å². The predicted molar refractivity (Wildman–Crippen MR) is 194 cm³/mol. The van der Waals surface area contributed by atoms with Gasteiger partial charge in [-0.25, -0.2) is 18.8 Å². The van der Waals surface area contributed by atoms with Gasteiger partial charge in [-0.05, 0) is 78.9 Å². The second kappa shape index (κ2) is 16.4. The molecule has 0 aromatic heterocycles. The number of rotatable bonds is 12. The molecule has 4 rings (SSSR count). The summed E-state index contributed by atoms with van der Waals surface area (Å²) in [6, 6.07) is 21.5. The molecule has 0 atom stereocenters. The molecule has 4 aromatic carbocycles. The molecule has 0 amide bonds. The van der Waals surface area contributed by atoms with E-state index in [1.165, 1.54) is 39.0 Å². The van der Waals surface area contributed by atoms with Crippen LogP contribution in [0.25, 0.3) is 34.4 Å². The van der Waals surface area contributed by atoms with Gasteiger partial charge in [0, 0.05) is 22.3 Å². The number of halogens is 1. The van der Waals surface area contributed by atoms with Crippen LogP contribution in [0, 0.1) is 11.7 Å². The lowest BCUT2D eigenvalue weighted by Crippen LogP contribution is -2.16. The molecule has 4 aromatic rings. The van der Waals surface area contributed by atoms with Crippen molar-refractivity contribution in [2.45, 2.75) is 34.6 Å². The van der Waals surface area contributed by atoms with Gasteiger partial charge in [0.15, 0.2) is 23.0 Å². The zero-order valence-electron chi connectivity index (χ0n) is 29.0. The SMILES string of the molecule is C=C(C)C(=O)Oc1ccc(-c2ccc(/C=C/c3ccc(-c4ccc(OC(=O)C(C)C)c(OC(=O)C(=C)C)c4)cc3)cc2F)cc1OC(=O)C(=C)C. The summed E-state index contributed by atoms with van der Waals surface area (Å²) in [5, 5.41) is 0. The lowest BCUT2D eigenvalue weighted by Gasteiger charge is -2.13. The van der Waals surface area contributed by atoms with Crippen LogP contribution in [0.2, 0.25) is 0 Å². The molecule has 0 aliphatic carbocycles. The Morgan fingerprint density at radius 2 is 0.980 bits per heavy atom. The largest absolute Gasteiger partial charge is 0.422 e. The van der Waals surface area contributed by atoms with E-state index in [0.717, 1.165) is 16.7 Å². The van der Waals surface area contributed by atoms with Crippen LogP contribution < -0.4 is 18.9 Å². The molecule has 260 valence electrons. The third-order valence-corrected chi connectivity index (χ3v) is 7.24. The van der Waals surface area contributed by atoms with Crippen molar-refractivity contribution in [3.8, 4) is 45.3 Å². The maximum Gasteiger partial charge on any atom is 0.338 e. The predicted octanol–water partition coefficient (Wildman–Crippen LogP) is 9.34. The highest BCUT2D eigenvalue weighted by Crippen LogP contribution is 2.36. The Balaban J connectivity index is 1.55. The molecule has 9 heteroatoms. The van der Waals surface area contributed by atoms with Crippen LogP contribution in [0.5, 0.6) is 23.0 Å². The maximum atomic E-state index is 15.4. The number of carbonyl (C=O) groups is 4. The van der Waals surface area contributed by atoms with Crippen LogP contribution in [0.15, 0.2) is 115 Å². The monoisotopic (exact) mass is 688 g/mol. The van der Waals surface area contributed by atoms with Gasteiger partial charge >= 0.3 is 23.9 Å². The molecule has 8 nitrogen and oxygen atoms in total. The van der Waals surface area contributed by atoms with Gasteiger partial charge < -0.3 is 18.9 Å². The van der Waals surface area contributed by atoms with Gasteiger partial charge in [-0.3, -0.25) is 4.79 Å². The summed E-state index contributed by atoms with van der Waals surface area (Å²) in [6.07, 6.45) is 3.59. The Labute approximate surface area is 296 Å². The van der Waals surface area contributed by atoms with Crippen molar-refractivity contribution >= 4 is 36.0 Å². The van der Waals surface area contributed by atoms with E-state index >= 15 is 4.39 Å². The van der Waals surface area contributed by atoms with Crippen molar-refractivity contribution in [2.75, 3.05) is 0 Å². The summed E-state index contributed by atoms with van der Waals surface area (Å²) < 4.78 is 37.0. The normalized spacial score (nSPS) is 10.8. The van der Waals surface area contributed by atoms with E-state index < -0.39 is 29.7 Å². The summed E-state index contributed by atoms with van der Waals surface area (Å²) in [5.41, 5.74) is 4.06. The third kappa shape index (κ3) is 9.86. The smallest absolute Gasteiger partial charge is 0.338 e. The molecule has 0 heterocycles. The lowest BCUT2D eigenvalue weighted by atomic mass is 10.0. The summed E-state index contributed by atoms with van der Waals surface area (Å²) in [4.78, 5) is 48.9. The van der Waals surface area contributed by atoms with Crippen molar-refractivity contribution in [3.63, 3.8) is 0 Å². The van der Waals surface area contributed by atoms with Crippen molar-refractivity contribution in [3.05, 3.63) is 132 Å². The second-order valence-electron chi connectivity index (χ2n) is 12.1. The Morgan fingerprint density at radius 1 is 0.549 bits per heavy atom. The zero-order chi connectivity index (χ0) is 37.4. The zero-order valence-corrected chi connectivity index (χ0v) is 29.0. The minimum Gasteiger partial charge on any atom is -0.422 e. The standard InChI is InChI=1S/C42H37FO8/c1-24(2)39(44)48-35-19-16-31(22-37(35)50-41(46)26(5)6)30-14-11-28(12-15-30)9-10-29-13-18-33(34(43)21-29)32-17-20-36(49-40(45)25(3)4)38(23-32)51-42(47)27(7)8/h9-24H,3,5,7H2,1-2,4,6,8H3/b10-9+. The lowest BCUT2D eigenvalue weighted by molar-refractivity contribution is -0.138. The Morgan fingerprint density at radius 3 is 1.49 bits per heavy atom. The molecule has 51 heavy (non-hydrogen) atoms. The van der Waals surface area contributed by atoms with E-state index in [9.17, 15) is 19.2 Å². The van der Waals surface area contributed by atoms with Crippen molar-refractivity contribution in [1.29, 1.82) is 0 Å². The molecular formula is C42H37FO8. The van der Waals surface area contributed by atoms with Crippen LogP contribution in [0.1, 0.15) is 45.7 Å². The maximum absolute atomic E-state index is 15.4. The molecule has 0 aliphatic heterocycles. The van der Waals surface area contributed by atoms with Crippen molar-refractivity contribution in [1.82, 2.24) is 0 Å². The van der Waals surface area contributed by atoms with Crippen LogP contribution in [-0.4, -0.2) is 23.9 Å². The topological polar surface area (TPSA) is 105 Å². The number of carbonyl (C=O) groups excluding carboxylic acids is 4. The third-order valence-electron chi connectivity index (χ3n) is 7.24. The molecular weight excluding hydrogens is 651 g/mol. The summed E-state index contributed by atoms with van der Waals surface area (Å²) >= 11 is 0. The quantitative estimate of drug-likeness (QED) is 0.0628. The molecule has 0 saturated carbocycles. The highest BCUT2D eigenvalue weighted by Gasteiger charge is 2.19. The number of benzene rings is 4. The van der Waals surface area contributed by atoms with Crippen molar-refractivity contribution in [2.24, 2.45) is 5.92 Å². The van der Waals surface area contributed by atoms with Gasteiger partial charge in [0.25, 0.3) is 0 Å². The van der Waals surface area contributed by atoms with E-state index in [1.54, 1.807) is 56.3 Å².